The molecule has 0 unspecified atom stereocenters. The van der Waals surface area contributed by atoms with E-state index in [0.717, 1.165) is 19.3 Å². The molecule has 0 bridgehead atoms. The fourth-order valence-electron chi connectivity index (χ4n) is 2.21. The molecule has 4 heteroatoms. The van der Waals surface area contributed by atoms with Crippen molar-refractivity contribution in [3.8, 4) is 11.8 Å². The van der Waals surface area contributed by atoms with Gasteiger partial charge in [-0.2, -0.15) is 0 Å². The lowest BCUT2D eigenvalue weighted by molar-refractivity contribution is 0.101. The number of anilines is 1. The van der Waals surface area contributed by atoms with Crippen molar-refractivity contribution < 1.29 is 13.6 Å². The summed E-state index contributed by atoms with van der Waals surface area (Å²) in [5.74, 6) is 5.53. The summed E-state index contributed by atoms with van der Waals surface area (Å²) >= 11 is 0. The van der Waals surface area contributed by atoms with Gasteiger partial charge in [0.25, 0.3) is 12.3 Å². The second kappa shape index (κ2) is 8.83. The number of benzene rings is 2. The number of para-hydroxylation sites is 1. The Bertz CT molecular complexity index is 759. The molecular formula is C20H19F2NO. The van der Waals surface area contributed by atoms with Crippen molar-refractivity contribution in [3.63, 3.8) is 0 Å². The van der Waals surface area contributed by atoms with Crippen molar-refractivity contribution >= 4 is 11.6 Å². The average molecular weight is 327 g/mol. The zero-order valence-electron chi connectivity index (χ0n) is 13.5. The van der Waals surface area contributed by atoms with E-state index in [4.69, 9.17) is 0 Å². The molecule has 0 aliphatic rings. The summed E-state index contributed by atoms with van der Waals surface area (Å²) in [7, 11) is 0. The molecule has 2 aromatic rings. The van der Waals surface area contributed by atoms with E-state index in [1.807, 2.05) is 6.07 Å². The van der Waals surface area contributed by atoms with Gasteiger partial charge >= 0.3 is 0 Å². The fourth-order valence-corrected chi connectivity index (χ4v) is 2.21. The Hall–Kier alpha value is -2.67. The molecule has 0 spiro atoms. The molecule has 0 saturated heterocycles. The minimum absolute atomic E-state index is 0.0266. The number of carbonyl (C=O) groups is 1. The number of rotatable bonds is 5. The van der Waals surface area contributed by atoms with Gasteiger partial charge in [0.05, 0.1) is 5.69 Å². The molecule has 0 aliphatic heterocycles. The predicted molar refractivity (Wildman–Crippen MR) is 92.2 cm³/mol. The van der Waals surface area contributed by atoms with Gasteiger partial charge in [-0.3, -0.25) is 4.79 Å². The van der Waals surface area contributed by atoms with Crippen LogP contribution < -0.4 is 5.32 Å². The highest BCUT2D eigenvalue weighted by Gasteiger charge is 2.18. The summed E-state index contributed by atoms with van der Waals surface area (Å²) in [6, 6.07) is 12.8. The molecule has 2 aromatic carbocycles. The van der Waals surface area contributed by atoms with Crippen LogP contribution in [-0.2, 0) is 0 Å². The normalized spacial score (nSPS) is 10.2. The molecule has 124 valence electrons. The molecule has 1 N–H and O–H groups in total. The van der Waals surface area contributed by atoms with E-state index in [1.54, 1.807) is 24.3 Å². The van der Waals surface area contributed by atoms with E-state index < -0.39 is 12.3 Å². The maximum atomic E-state index is 13.0. The van der Waals surface area contributed by atoms with Gasteiger partial charge in [-0.25, -0.2) is 8.78 Å². The number of hydrogen-bond acceptors (Lipinski definition) is 1. The van der Waals surface area contributed by atoms with E-state index in [9.17, 15) is 13.6 Å². The Balaban J connectivity index is 2.22. The van der Waals surface area contributed by atoms with Gasteiger partial charge in [-0.05, 0) is 24.6 Å². The Morgan fingerprint density at radius 2 is 1.83 bits per heavy atom. The molecule has 0 atom stereocenters. The topological polar surface area (TPSA) is 29.1 Å². The highest BCUT2D eigenvalue weighted by atomic mass is 19.3. The van der Waals surface area contributed by atoms with Gasteiger partial charge in [0, 0.05) is 23.1 Å². The van der Waals surface area contributed by atoms with Crippen LogP contribution in [0.3, 0.4) is 0 Å². The molecule has 1 amide bonds. The fraction of sp³-hybridized carbons (Fsp3) is 0.250. The first kappa shape index (κ1) is 17.7. The predicted octanol–water partition coefficient (Wildman–Crippen LogP) is 5.42. The lowest BCUT2D eigenvalue weighted by Gasteiger charge is -2.10. The zero-order chi connectivity index (χ0) is 17.4. The summed E-state index contributed by atoms with van der Waals surface area (Å²) in [6.45, 7) is 2.09. The quantitative estimate of drug-likeness (QED) is 0.577. The van der Waals surface area contributed by atoms with Crippen molar-refractivity contribution in [2.45, 2.75) is 32.6 Å². The van der Waals surface area contributed by atoms with Crippen molar-refractivity contribution in [3.05, 3.63) is 65.2 Å². The van der Waals surface area contributed by atoms with Crippen molar-refractivity contribution in [1.82, 2.24) is 0 Å². The van der Waals surface area contributed by atoms with E-state index in [1.165, 1.54) is 18.2 Å². The molecule has 2 nitrogen and oxygen atoms in total. The van der Waals surface area contributed by atoms with E-state index >= 15 is 0 Å². The van der Waals surface area contributed by atoms with Gasteiger partial charge in [-0.1, -0.05) is 55.5 Å². The summed E-state index contributed by atoms with van der Waals surface area (Å²) < 4.78 is 26.1. The third-order valence-electron chi connectivity index (χ3n) is 3.49. The number of hydrogen-bond donors (Lipinski definition) is 1. The molecule has 0 aromatic heterocycles. The smallest absolute Gasteiger partial charge is 0.264 e. The summed E-state index contributed by atoms with van der Waals surface area (Å²) in [4.78, 5) is 12.4. The van der Waals surface area contributed by atoms with Crippen molar-refractivity contribution in [1.29, 1.82) is 0 Å². The number of unbranched alkanes of at least 4 members (excludes halogenated alkanes) is 2. The van der Waals surface area contributed by atoms with Gasteiger partial charge in [0.15, 0.2) is 0 Å². The van der Waals surface area contributed by atoms with Crippen molar-refractivity contribution in [2.75, 3.05) is 5.32 Å². The second-order valence-corrected chi connectivity index (χ2v) is 5.29. The van der Waals surface area contributed by atoms with E-state index in [0.29, 0.717) is 11.3 Å². The largest absolute Gasteiger partial charge is 0.321 e. The van der Waals surface area contributed by atoms with Crippen LogP contribution in [0.4, 0.5) is 14.5 Å². The lowest BCUT2D eigenvalue weighted by atomic mass is 10.1. The molecule has 0 saturated carbocycles. The van der Waals surface area contributed by atoms with Gasteiger partial charge in [-0.15, -0.1) is 0 Å². The number of carbonyl (C=O) groups excluding carboxylic acids is 1. The first-order valence-electron chi connectivity index (χ1n) is 7.89. The van der Waals surface area contributed by atoms with Crippen LogP contribution in [0.25, 0.3) is 0 Å². The van der Waals surface area contributed by atoms with Gasteiger partial charge in [0.2, 0.25) is 0 Å². The summed E-state index contributed by atoms with van der Waals surface area (Å²) in [5.41, 5.74) is 0.898. The van der Waals surface area contributed by atoms with Crippen LogP contribution in [0.5, 0.6) is 0 Å². The number of amides is 1. The number of halogens is 2. The molecule has 0 radical (unpaired) electrons. The summed E-state index contributed by atoms with van der Waals surface area (Å²) in [6.07, 6.45) is 0.171. The van der Waals surface area contributed by atoms with Crippen LogP contribution in [0.1, 0.15) is 54.1 Å². The van der Waals surface area contributed by atoms with Crippen LogP contribution in [0.15, 0.2) is 48.5 Å². The third kappa shape index (κ3) is 4.66. The highest BCUT2D eigenvalue weighted by Crippen LogP contribution is 2.24. The SMILES string of the molecule is CCCCC#Cc1ccccc1NC(=O)c1ccccc1C(F)F. The van der Waals surface area contributed by atoms with Crippen LogP contribution in [-0.4, -0.2) is 5.91 Å². The Labute approximate surface area is 140 Å². The van der Waals surface area contributed by atoms with Crippen molar-refractivity contribution in [2.24, 2.45) is 0 Å². The monoisotopic (exact) mass is 327 g/mol. The first-order chi connectivity index (χ1) is 11.6. The number of alkyl halides is 2. The Morgan fingerprint density at radius 3 is 2.58 bits per heavy atom. The van der Waals surface area contributed by atoms with E-state index in [2.05, 4.69) is 24.1 Å². The molecule has 24 heavy (non-hydrogen) atoms. The van der Waals surface area contributed by atoms with Gasteiger partial charge in [0.1, 0.15) is 0 Å². The lowest BCUT2D eigenvalue weighted by Crippen LogP contribution is -2.15. The Kier molecular flexibility index (Phi) is 6.51. The molecule has 0 heterocycles. The first-order valence-corrected chi connectivity index (χ1v) is 7.89. The summed E-state index contributed by atoms with van der Waals surface area (Å²) in [5, 5.41) is 2.69. The second-order valence-electron chi connectivity index (χ2n) is 5.29. The van der Waals surface area contributed by atoms with Crippen LogP contribution >= 0.6 is 0 Å². The Morgan fingerprint density at radius 1 is 1.12 bits per heavy atom. The highest BCUT2D eigenvalue weighted by molar-refractivity contribution is 6.06. The average Bonchev–Trinajstić information content (AvgIpc) is 2.60. The molecule has 0 aliphatic carbocycles. The third-order valence-corrected chi connectivity index (χ3v) is 3.49. The molecule has 0 fully saturated rings. The zero-order valence-corrected chi connectivity index (χ0v) is 13.5. The maximum absolute atomic E-state index is 13.0. The van der Waals surface area contributed by atoms with E-state index in [-0.39, 0.29) is 11.1 Å². The number of nitrogens with one attached hydrogen (secondary N) is 1. The van der Waals surface area contributed by atoms with Gasteiger partial charge < -0.3 is 5.32 Å². The minimum Gasteiger partial charge on any atom is -0.321 e. The maximum Gasteiger partial charge on any atom is 0.264 e. The molecular weight excluding hydrogens is 308 g/mol. The van der Waals surface area contributed by atoms with Crippen LogP contribution in [0, 0.1) is 11.8 Å². The standard InChI is InChI=1S/C20H19F2NO/c1-2-3-4-5-10-15-11-6-9-14-18(15)23-20(24)17-13-8-7-12-16(17)19(21)22/h6-9,11-14,19H,2-4H2,1H3,(H,23,24). The minimum atomic E-state index is -2.70. The molecule has 2 rings (SSSR count). The van der Waals surface area contributed by atoms with Crippen LogP contribution in [0.2, 0.25) is 0 Å².